The highest BCUT2D eigenvalue weighted by Crippen LogP contribution is 2.18. The van der Waals surface area contributed by atoms with Crippen LogP contribution in [0, 0.1) is 17.8 Å². The predicted octanol–water partition coefficient (Wildman–Crippen LogP) is 1.43. The van der Waals surface area contributed by atoms with Crippen LogP contribution in [0.25, 0.3) is 0 Å². The Morgan fingerprint density at radius 1 is 1.38 bits per heavy atom. The Morgan fingerprint density at radius 2 is 1.94 bits per heavy atom. The van der Waals surface area contributed by atoms with Crippen molar-refractivity contribution >= 4 is 11.9 Å². The zero-order valence-corrected chi connectivity index (χ0v) is 9.77. The van der Waals surface area contributed by atoms with E-state index < -0.39 is 11.9 Å². The van der Waals surface area contributed by atoms with Gasteiger partial charge in [0.05, 0.1) is 5.92 Å². The van der Waals surface area contributed by atoms with Crippen LogP contribution in [0.2, 0.25) is 0 Å². The van der Waals surface area contributed by atoms with Gasteiger partial charge in [0, 0.05) is 12.5 Å². The van der Waals surface area contributed by atoms with Crippen LogP contribution in [-0.2, 0) is 9.59 Å². The average Bonchev–Trinajstić information content (AvgIpc) is 2.69. The van der Waals surface area contributed by atoms with Gasteiger partial charge in [-0.2, -0.15) is 0 Å². The van der Waals surface area contributed by atoms with E-state index in [-0.39, 0.29) is 24.3 Å². The molecular formula is C12H19NO3. The molecule has 16 heavy (non-hydrogen) atoms. The Hall–Kier alpha value is -1.32. The minimum absolute atomic E-state index is 0.00149. The summed E-state index contributed by atoms with van der Waals surface area (Å²) in [4.78, 5) is 22.6. The minimum atomic E-state index is -0.847. The van der Waals surface area contributed by atoms with Crippen molar-refractivity contribution < 1.29 is 14.7 Å². The predicted molar refractivity (Wildman–Crippen MR) is 60.8 cm³/mol. The number of carbonyl (C=O) groups excluding carboxylic acids is 1. The first-order valence-corrected chi connectivity index (χ1v) is 5.68. The Morgan fingerprint density at radius 3 is 2.38 bits per heavy atom. The van der Waals surface area contributed by atoms with Crippen molar-refractivity contribution in [3.05, 3.63) is 12.2 Å². The highest BCUT2D eigenvalue weighted by atomic mass is 16.4. The molecule has 1 unspecified atom stereocenters. The van der Waals surface area contributed by atoms with Crippen LogP contribution < -0.4 is 5.32 Å². The highest BCUT2D eigenvalue weighted by Gasteiger charge is 2.24. The van der Waals surface area contributed by atoms with Crippen LogP contribution >= 0.6 is 0 Å². The molecular weight excluding hydrogens is 206 g/mol. The summed E-state index contributed by atoms with van der Waals surface area (Å²) in [6, 6.07) is 0. The van der Waals surface area contributed by atoms with Crippen molar-refractivity contribution in [2.75, 3.05) is 6.54 Å². The Balaban J connectivity index is 2.37. The second-order valence-corrected chi connectivity index (χ2v) is 4.57. The molecule has 4 nitrogen and oxygen atoms in total. The Labute approximate surface area is 95.7 Å². The van der Waals surface area contributed by atoms with E-state index in [1.165, 1.54) is 0 Å². The number of rotatable bonds is 5. The maximum atomic E-state index is 11.7. The fourth-order valence-corrected chi connectivity index (χ4v) is 1.79. The first-order valence-electron chi connectivity index (χ1n) is 5.68. The number of allylic oxidation sites excluding steroid dienone is 2. The topological polar surface area (TPSA) is 66.4 Å². The van der Waals surface area contributed by atoms with Gasteiger partial charge in [-0.05, 0) is 18.8 Å². The minimum Gasteiger partial charge on any atom is -0.481 e. The van der Waals surface area contributed by atoms with Crippen molar-refractivity contribution in [1.82, 2.24) is 5.32 Å². The summed E-state index contributed by atoms with van der Waals surface area (Å²) in [5, 5.41) is 11.7. The van der Waals surface area contributed by atoms with E-state index in [4.69, 9.17) is 5.11 Å². The number of carboxylic acid groups (broad SMARTS) is 1. The zero-order valence-electron chi connectivity index (χ0n) is 9.77. The lowest BCUT2D eigenvalue weighted by Crippen LogP contribution is -2.38. The van der Waals surface area contributed by atoms with Gasteiger partial charge in [0.2, 0.25) is 5.91 Å². The summed E-state index contributed by atoms with van der Waals surface area (Å²) in [6.45, 7) is 3.92. The van der Waals surface area contributed by atoms with Crippen LogP contribution in [0.3, 0.4) is 0 Å². The van der Waals surface area contributed by atoms with Gasteiger partial charge in [0.1, 0.15) is 0 Å². The van der Waals surface area contributed by atoms with Gasteiger partial charge in [-0.3, -0.25) is 9.59 Å². The van der Waals surface area contributed by atoms with E-state index in [0.717, 1.165) is 12.8 Å². The summed E-state index contributed by atoms with van der Waals surface area (Å²) in [5.41, 5.74) is 0. The molecule has 1 amide bonds. The molecule has 1 aliphatic rings. The van der Waals surface area contributed by atoms with E-state index in [0.29, 0.717) is 0 Å². The third kappa shape index (κ3) is 3.36. The van der Waals surface area contributed by atoms with Crippen LogP contribution in [0.5, 0.6) is 0 Å². The molecule has 0 fully saturated rings. The van der Waals surface area contributed by atoms with Crippen molar-refractivity contribution in [3.8, 4) is 0 Å². The van der Waals surface area contributed by atoms with Gasteiger partial charge < -0.3 is 10.4 Å². The fourth-order valence-electron chi connectivity index (χ4n) is 1.79. The summed E-state index contributed by atoms with van der Waals surface area (Å²) >= 11 is 0. The standard InChI is InChI=1S/C12H19NO3/c1-8(2)10(12(15)16)7-13-11(14)9-5-3-4-6-9/h3-4,8-10H,5-7H2,1-2H3,(H,13,14)(H,15,16). The summed E-state index contributed by atoms with van der Waals surface area (Å²) in [5.74, 6) is -1.35. The van der Waals surface area contributed by atoms with Crippen molar-refractivity contribution in [2.24, 2.45) is 17.8 Å². The number of carboxylic acids is 1. The normalized spacial score (nSPS) is 17.7. The molecule has 1 rings (SSSR count). The summed E-state index contributed by atoms with van der Waals surface area (Å²) in [6.07, 6.45) is 5.51. The lowest BCUT2D eigenvalue weighted by atomic mass is 9.95. The SMILES string of the molecule is CC(C)C(CNC(=O)C1CC=CC1)C(=O)O. The van der Waals surface area contributed by atoms with Crippen molar-refractivity contribution in [3.63, 3.8) is 0 Å². The monoisotopic (exact) mass is 225 g/mol. The highest BCUT2D eigenvalue weighted by molar-refractivity contribution is 5.80. The summed E-state index contributed by atoms with van der Waals surface area (Å²) < 4.78 is 0. The average molecular weight is 225 g/mol. The van der Waals surface area contributed by atoms with Crippen molar-refractivity contribution in [1.29, 1.82) is 0 Å². The number of amides is 1. The third-order valence-corrected chi connectivity index (χ3v) is 3.00. The van der Waals surface area contributed by atoms with E-state index in [1.54, 1.807) is 0 Å². The zero-order chi connectivity index (χ0) is 12.1. The van der Waals surface area contributed by atoms with Gasteiger partial charge in [0.15, 0.2) is 0 Å². The Kier molecular flexibility index (Phi) is 4.52. The van der Waals surface area contributed by atoms with Crippen molar-refractivity contribution in [2.45, 2.75) is 26.7 Å². The van der Waals surface area contributed by atoms with Gasteiger partial charge in [-0.25, -0.2) is 0 Å². The van der Waals surface area contributed by atoms with Crippen LogP contribution in [0.1, 0.15) is 26.7 Å². The number of aliphatic carboxylic acids is 1. The number of nitrogens with one attached hydrogen (secondary N) is 1. The Bertz CT molecular complexity index is 289. The van der Waals surface area contributed by atoms with E-state index >= 15 is 0 Å². The second kappa shape index (κ2) is 5.68. The largest absolute Gasteiger partial charge is 0.481 e. The molecule has 90 valence electrons. The van der Waals surface area contributed by atoms with Gasteiger partial charge in [-0.1, -0.05) is 26.0 Å². The lowest BCUT2D eigenvalue weighted by molar-refractivity contribution is -0.143. The van der Waals surface area contributed by atoms with E-state index in [9.17, 15) is 9.59 Å². The first kappa shape index (κ1) is 12.7. The quantitative estimate of drug-likeness (QED) is 0.695. The van der Waals surface area contributed by atoms with Gasteiger partial charge in [0.25, 0.3) is 0 Å². The molecule has 0 aromatic heterocycles. The number of carbonyl (C=O) groups is 2. The van der Waals surface area contributed by atoms with E-state index in [1.807, 2.05) is 26.0 Å². The molecule has 0 bridgehead atoms. The molecule has 0 aromatic carbocycles. The lowest BCUT2D eigenvalue weighted by Gasteiger charge is -2.18. The van der Waals surface area contributed by atoms with E-state index in [2.05, 4.69) is 5.32 Å². The molecule has 1 atom stereocenters. The van der Waals surface area contributed by atoms with Gasteiger partial charge in [-0.15, -0.1) is 0 Å². The van der Waals surface area contributed by atoms with Crippen LogP contribution in [0.4, 0.5) is 0 Å². The third-order valence-electron chi connectivity index (χ3n) is 3.00. The number of hydrogen-bond acceptors (Lipinski definition) is 2. The molecule has 0 saturated heterocycles. The maximum Gasteiger partial charge on any atom is 0.308 e. The molecule has 1 aliphatic carbocycles. The van der Waals surface area contributed by atoms with Gasteiger partial charge >= 0.3 is 5.97 Å². The van der Waals surface area contributed by atoms with Crippen LogP contribution in [-0.4, -0.2) is 23.5 Å². The number of hydrogen-bond donors (Lipinski definition) is 2. The first-order chi connectivity index (χ1) is 7.52. The smallest absolute Gasteiger partial charge is 0.308 e. The second-order valence-electron chi connectivity index (χ2n) is 4.57. The molecule has 0 saturated carbocycles. The molecule has 2 N–H and O–H groups in total. The van der Waals surface area contributed by atoms with Crippen LogP contribution in [0.15, 0.2) is 12.2 Å². The fraction of sp³-hybridized carbons (Fsp3) is 0.667. The summed E-state index contributed by atoms with van der Waals surface area (Å²) in [7, 11) is 0. The molecule has 0 heterocycles. The molecule has 0 radical (unpaired) electrons. The molecule has 0 spiro atoms. The molecule has 0 aromatic rings. The molecule has 0 aliphatic heterocycles. The molecule has 4 heteroatoms. The maximum absolute atomic E-state index is 11.7.